The predicted molar refractivity (Wildman–Crippen MR) is 78.0 cm³/mol. The van der Waals surface area contributed by atoms with Crippen LogP contribution in [0.5, 0.6) is 5.75 Å². The second kappa shape index (κ2) is 5.32. The minimum atomic E-state index is -0.598. The number of carbonyl (C=O) groups excluding carboxylic acids is 2. The number of carbonyl (C=O) groups is 2. The highest BCUT2D eigenvalue weighted by atomic mass is 16.5. The Morgan fingerprint density at radius 1 is 1.27 bits per heavy atom. The Bertz CT molecular complexity index is 794. The van der Waals surface area contributed by atoms with Crippen molar-refractivity contribution in [2.45, 2.75) is 13.0 Å². The number of aromatic nitrogens is 2. The van der Waals surface area contributed by atoms with E-state index in [1.54, 1.807) is 25.1 Å². The van der Waals surface area contributed by atoms with Crippen molar-refractivity contribution >= 4 is 23.2 Å². The summed E-state index contributed by atoms with van der Waals surface area (Å²) >= 11 is 0. The summed E-state index contributed by atoms with van der Waals surface area (Å²) in [6.45, 7) is 1.63. The first-order valence-corrected chi connectivity index (χ1v) is 6.52. The Morgan fingerprint density at radius 2 is 2.09 bits per heavy atom. The number of hydrogen-bond donors (Lipinski definition) is 3. The smallest absolute Gasteiger partial charge is 0.276 e. The van der Waals surface area contributed by atoms with Crippen molar-refractivity contribution in [1.29, 1.82) is 0 Å². The summed E-state index contributed by atoms with van der Waals surface area (Å²) < 4.78 is 5.46. The maximum atomic E-state index is 12.1. The van der Waals surface area contributed by atoms with Crippen LogP contribution in [0.2, 0.25) is 0 Å². The third-order valence-corrected chi connectivity index (χ3v) is 3.11. The average Bonchev–Trinajstić information content (AvgIpc) is 2.50. The minimum absolute atomic E-state index is 0.0497. The largest absolute Gasteiger partial charge is 0.479 e. The SMILES string of the molecule is CC1Oc2cccc(NC(=O)c3ccc(=O)[nH]n3)c2NC1=O. The summed E-state index contributed by atoms with van der Waals surface area (Å²) in [5.41, 5.74) is 0.427. The number of rotatable bonds is 2. The first-order valence-electron chi connectivity index (χ1n) is 6.52. The van der Waals surface area contributed by atoms with Crippen LogP contribution in [0.3, 0.4) is 0 Å². The molecule has 2 amide bonds. The van der Waals surface area contributed by atoms with Crippen LogP contribution in [0.25, 0.3) is 0 Å². The molecule has 22 heavy (non-hydrogen) atoms. The molecule has 3 N–H and O–H groups in total. The molecule has 2 aromatic rings. The molecule has 0 bridgehead atoms. The fraction of sp³-hybridized carbons (Fsp3) is 0.143. The normalized spacial score (nSPS) is 16.2. The topological polar surface area (TPSA) is 113 Å². The predicted octanol–water partition coefficient (Wildman–Crippen LogP) is 0.742. The molecule has 0 saturated carbocycles. The maximum Gasteiger partial charge on any atom is 0.276 e. The van der Waals surface area contributed by atoms with Crippen LogP contribution in [0.4, 0.5) is 11.4 Å². The summed E-state index contributed by atoms with van der Waals surface area (Å²) in [4.78, 5) is 34.8. The molecule has 8 nitrogen and oxygen atoms in total. The minimum Gasteiger partial charge on any atom is -0.479 e. The summed E-state index contributed by atoms with van der Waals surface area (Å²) in [7, 11) is 0. The number of para-hydroxylation sites is 1. The van der Waals surface area contributed by atoms with Crippen molar-refractivity contribution in [3.8, 4) is 5.75 Å². The van der Waals surface area contributed by atoms with Crippen molar-refractivity contribution < 1.29 is 14.3 Å². The van der Waals surface area contributed by atoms with Gasteiger partial charge in [0, 0.05) is 6.07 Å². The van der Waals surface area contributed by atoms with Crippen LogP contribution >= 0.6 is 0 Å². The number of H-pyrrole nitrogens is 1. The number of nitrogens with one attached hydrogen (secondary N) is 3. The van der Waals surface area contributed by atoms with E-state index in [9.17, 15) is 14.4 Å². The van der Waals surface area contributed by atoms with E-state index in [1.807, 2.05) is 0 Å². The Morgan fingerprint density at radius 3 is 2.82 bits per heavy atom. The van der Waals surface area contributed by atoms with Gasteiger partial charge in [0.1, 0.15) is 17.1 Å². The van der Waals surface area contributed by atoms with Gasteiger partial charge in [-0.3, -0.25) is 14.4 Å². The molecule has 0 aliphatic carbocycles. The van der Waals surface area contributed by atoms with E-state index in [1.165, 1.54) is 12.1 Å². The van der Waals surface area contributed by atoms with Crippen LogP contribution in [0.15, 0.2) is 35.1 Å². The zero-order valence-electron chi connectivity index (χ0n) is 11.5. The molecule has 1 atom stereocenters. The molecule has 1 aliphatic heterocycles. The Kier molecular flexibility index (Phi) is 3.34. The number of fused-ring (bicyclic) bond motifs is 1. The number of aromatic amines is 1. The molecule has 1 unspecified atom stereocenters. The first kappa shape index (κ1) is 13.8. The lowest BCUT2D eigenvalue weighted by Crippen LogP contribution is -2.35. The van der Waals surface area contributed by atoms with Crippen LogP contribution < -0.4 is 20.9 Å². The van der Waals surface area contributed by atoms with E-state index >= 15 is 0 Å². The molecule has 8 heteroatoms. The Balaban J connectivity index is 1.89. The maximum absolute atomic E-state index is 12.1. The van der Waals surface area contributed by atoms with Gasteiger partial charge < -0.3 is 15.4 Å². The number of amides is 2. The lowest BCUT2D eigenvalue weighted by atomic mass is 10.2. The molecule has 3 rings (SSSR count). The molecule has 0 spiro atoms. The van der Waals surface area contributed by atoms with E-state index in [0.29, 0.717) is 17.1 Å². The van der Waals surface area contributed by atoms with Gasteiger partial charge in [0.15, 0.2) is 6.10 Å². The molecular formula is C14H12N4O4. The van der Waals surface area contributed by atoms with Gasteiger partial charge >= 0.3 is 0 Å². The average molecular weight is 300 g/mol. The van der Waals surface area contributed by atoms with Crippen LogP contribution in [0.1, 0.15) is 17.4 Å². The molecule has 1 aromatic carbocycles. The highest BCUT2D eigenvalue weighted by Gasteiger charge is 2.26. The molecule has 112 valence electrons. The lowest BCUT2D eigenvalue weighted by Gasteiger charge is -2.25. The van der Waals surface area contributed by atoms with Gasteiger partial charge in [0.05, 0.1) is 5.69 Å². The van der Waals surface area contributed by atoms with Crippen molar-refractivity contribution in [2.24, 2.45) is 0 Å². The molecule has 0 fully saturated rings. The highest BCUT2D eigenvalue weighted by molar-refractivity contribution is 6.08. The van der Waals surface area contributed by atoms with Gasteiger partial charge in [-0.1, -0.05) is 6.07 Å². The standard InChI is InChI=1S/C14H12N4O4/c1-7-13(20)16-12-8(3-2-4-10(12)22-7)15-14(21)9-5-6-11(19)18-17-9/h2-7H,1H3,(H,15,21)(H,16,20)(H,18,19). The molecule has 1 aromatic heterocycles. The lowest BCUT2D eigenvalue weighted by molar-refractivity contribution is -0.122. The second-order valence-corrected chi connectivity index (χ2v) is 4.69. The van der Waals surface area contributed by atoms with Crippen LogP contribution in [0, 0.1) is 0 Å². The Labute approximate surface area is 124 Å². The fourth-order valence-corrected chi connectivity index (χ4v) is 1.99. The summed E-state index contributed by atoms with van der Waals surface area (Å²) in [6, 6.07) is 7.52. The van der Waals surface area contributed by atoms with Gasteiger partial charge in [0.25, 0.3) is 17.4 Å². The number of hydrogen-bond acceptors (Lipinski definition) is 5. The summed E-state index contributed by atoms with van der Waals surface area (Å²) in [5, 5.41) is 11.1. The fourth-order valence-electron chi connectivity index (χ4n) is 1.99. The third kappa shape index (κ3) is 2.53. The number of nitrogens with zero attached hydrogens (tertiary/aromatic N) is 1. The zero-order valence-corrected chi connectivity index (χ0v) is 11.5. The quantitative estimate of drug-likeness (QED) is 0.757. The summed E-state index contributed by atoms with van der Waals surface area (Å²) in [6.07, 6.45) is -0.598. The highest BCUT2D eigenvalue weighted by Crippen LogP contribution is 2.36. The van der Waals surface area contributed by atoms with Crippen molar-refractivity contribution in [3.05, 3.63) is 46.4 Å². The zero-order chi connectivity index (χ0) is 15.7. The number of benzene rings is 1. The molecular weight excluding hydrogens is 288 g/mol. The van der Waals surface area contributed by atoms with E-state index in [2.05, 4.69) is 20.8 Å². The van der Waals surface area contributed by atoms with Gasteiger partial charge in [-0.15, -0.1) is 0 Å². The second-order valence-electron chi connectivity index (χ2n) is 4.69. The van der Waals surface area contributed by atoms with Gasteiger partial charge in [0.2, 0.25) is 0 Å². The van der Waals surface area contributed by atoms with Crippen molar-refractivity contribution in [3.63, 3.8) is 0 Å². The van der Waals surface area contributed by atoms with E-state index in [-0.39, 0.29) is 11.6 Å². The third-order valence-electron chi connectivity index (χ3n) is 3.11. The van der Waals surface area contributed by atoms with E-state index in [0.717, 1.165) is 0 Å². The van der Waals surface area contributed by atoms with E-state index < -0.39 is 17.6 Å². The summed E-state index contributed by atoms with van der Waals surface area (Å²) in [5.74, 6) is -0.340. The van der Waals surface area contributed by atoms with E-state index in [4.69, 9.17) is 4.74 Å². The number of anilines is 2. The van der Waals surface area contributed by atoms with Crippen LogP contribution in [-0.4, -0.2) is 28.1 Å². The van der Waals surface area contributed by atoms with Crippen molar-refractivity contribution in [2.75, 3.05) is 10.6 Å². The molecule has 2 heterocycles. The van der Waals surface area contributed by atoms with Gasteiger partial charge in [-0.25, -0.2) is 5.10 Å². The van der Waals surface area contributed by atoms with Gasteiger partial charge in [-0.2, -0.15) is 5.10 Å². The molecule has 0 radical (unpaired) electrons. The first-order chi connectivity index (χ1) is 10.5. The molecule has 0 saturated heterocycles. The van der Waals surface area contributed by atoms with Crippen molar-refractivity contribution in [1.82, 2.24) is 10.2 Å². The van der Waals surface area contributed by atoms with Crippen LogP contribution in [-0.2, 0) is 4.79 Å². The Hall–Kier alpha value is -3.16. The number of ether oxygens (including phenoxy) is 1. The molecule has 1 aliphatic rings. The van der Waals surface area contributed by atoms with Gasteiger partial charge in [-0.05, 0) is 25.1 Å². The monoisotopic (exact) mass is 300 g/mol.